The van der Waals surface area contributed by atoms with E-state index in [0.29, 0.717) is 5.71 Å². The molecule has 4 nitrogen and oxygen atoms in total. The van der Waals surface area contributed by atoms with Gasteiger partial charge in [0.1, 0.15) is 12.0 Å². The monoisotopic (exact) mass is 273 g/mol. The fourth-order valence-electron chi connectivity index (χ4n) is 2.88. The Kier molecular flexibility index (Phi) is 2.54. The summed E-state index contributed by atoms with van der Waals surface area (Å²) < 4.78 is 0. The van der Waals surface area contributed by atoms with Crippen LogP contribution in [0.25, 0.3) is 22.3 Å². The van der Waals surface area contributed by atoms with E-state index >= 15 is 0 Å². The van der Waals surface area contributed by atoms with E-state index in [2.05, 4.69) is 15.1 Å². The lowest BCUT2D eigenvalue weighted by molar-refractivity contribution is 0.320. The first-order chi connectivity index (χ1) is 10.4. The summed E-state index contributed by atoms with van der Waals surface area (Å²) in [4.78, 5) is 8.18. The fraction of sp³-hybridized carbons (Fsp3) is 0. The summed E-state index contributed by atoms with van der Waals surface area (Å²) in [5.74, 6) is 0. The SMILES string of the molecule is ON=C1c2ccccc2-c2c1cccc2-c1cncnc1. The molecule has 0 fully saturated rings. The van der Waals surface area contributed by atoms with E-state index in [1.165, 1.54) is 6.33 Å². The highest BCUT2D eigenvalue weighted by atomic mass is 16.4. The van der Waals surface area contributed by atoms with Crippen molar-refractivity contribution in [3.63, 3.8) is 0 Å². The molecule has 0 saturated heterocycles. The molecule has 3 aromatic rings. The Hall–Kier alpha value is -3.01. The summed E-state index contributed by atoms with van der Waals surface area (Å²) in [5.41, 5.74) is 6.61. The smallest absolute Gasteiger partial charge is 0.118 e. The van der Waals surface area contributed by atoms with Crippen LogP contribution in [0.4, 0.5) is 0 Å². The van der Waals surface area contributed by atoms with Gasteiger partial charge < -0.3 is 5.21 Å². The molecule has 1 N–H and O–H groups in total. The van der Waals surface area contributed by atoms with E-state index in [1.54, 1.807) is 12.4 Å². The zero-order chi connectivity index (χ0) is 14.2. The first kappa shape index (κ1) is 11.8. The molecule has 0 atom stereocenters. The maximum absolute atomic E-state index is 9.38. The van der Waals surface area contributed by atoms with Gasteiger partial charge in [-0.3, -0.25) is 0 Å². The van der Waals surface area contributed by atoms with Gasteiger partial charge in [-0.15, -0.1) is 0 Å². The van der Waals surface area contributed by atoms with E-state index in [1.807, 2.05) is 42.5 Å². The molecule has 100 valence electrons. The molecule has 0 aliphatic heterocycles. The van der Waals surface area contributed by atoms with E-state index in [4.69, 9.17) is 0 Å². The molecule has 1 aliphatic rings. The molecule has 0 saturated carbocycles. The van der Waals surface area contributed by atoms with Crippen LogP contribution >= 0.6 is 0 Å². The van der Waals surface area contributed by atoms with Crippen molar-refractivity contribution in [2.45, 2.75) is 0 Å². The Morgan fingerprint density at radius 1 is 0.762 bits per heavy atom. The summed E-state index contributed by atoms with van der Waals surface area (Å²) in [6.07, 6.45) is 5.10. The predicted octanol–water partition coefficient (Wildman–Crippen LogP) is 3.35. The molecular formula is C17H11N3O. The first-order valence-corrected chi connectivity index (χ1v) is 6.61. The Bertz CT molecular complexity index is 857. The fourth-order valence-corrected chi connectivity index (χ4v) is 2.88. The topological polar surface area (TPSA) is 58.4 Å². The summed E-state index contributed by atoms with van der Waals surface area (Å²) >= 11 is 0. The van der Waals surface area contributed by atoms with Crippen molar-refractivity contribution < 1.29 is 5.21 Å². The van der Waals surface area contributed by atoms with Gasteiger partial charge in [-0.25, -0.2) is 9.97 Å². The van der Waals surface area contributed by atoms with Crippen molar-refractivity contribution in [1.82, 2.24) is 9.97 Å². The summed E-state index contributed by atoms with van der Waals surface area (Å²) in [6.45, 7) is 0. The molecule has 0 bridgehead atoms. The van der Waals surface area contributed by atoms with Gasteiger partial charge in [0.2, 0.25) is 0 Å². The average molecular weight is 273 g/mol. The number of aromatic nitrogens is 2. The summed E-state index contributed by atoms with van der Waals surface area (Å²) in [6, 6.07) is 13.9. The highest BCUT2D eigenvalue weighted by Gasteiger charge is 2.27. The van der Waals surface area contributed by atoms with Crippen LogP contribution in [0.1, 0.15) is 11.1 Å². The number of rotatable bonds is 1. The summed E-state index contributed by atoms with van der Waals surface area (Å²) in [7, 11) is 0. The number of hydrogen-bond acceptors (Lipinski definition) is 4. The van der Waals surface area contributed by atoms with E-state index in [0.717, 1.165) is 33.4 Å². The zero-order valence-electron chi connectivity index (χ0n) is 11.1. The molecular weight excluding hydrogens is 262 g/mol. The average Bonchev–Trinajstić information content (AvgIpc) is 2.89. The minimum absolute atomic E-state index is 0.610. The third-order valence-electron chi connectivity index (χ3n) is 3.74. The second-order valence-electron chi connectivity index (χ2n) is 4.85. The van der Waals surface area contributed by atoms with Gasteiger partial charge in [0, 0.05) is 29.1 Å². The van der Waals surface area contributed by atoms with Crippen LogP contribution in [0.2, 0.25) is 0 Å². The van der Waals surface area contributed by atoms with Crippen molar-refractivity contribution >= 4 is 5.71 Å². The van der Waals surface area contributed by atoms with Crippen LogP contribution in [0.5, 0.6) is 0 Å². The number of fused-ring (bicyclic) bond motifs is 3. The molecule has 1 heterocycles. The van der Waals surface area contributed by atoms with Crippen molar-refractivity contribution in [2.24, 2.45) is 5.16 Å². The minimum Gasteiger partial charge on any atom is -0.410 e. The molecule has 0 radical (unpaired) electrons. The third kappa shape index (κ3) is 1.66. The van der Waals surface area contributed by atoms with Gasteiger partial charge in [-0.1, -0.05) is 47.6 Å². The zero-order valence-corrected chi connectivity index (χ0v) is 11.1. The van der Waals surface area contributed by atoms with Crippen LogP contribution in [-0.2, 0) is 0 Å². The Morgan fingerprint density at radius 3 is 2.19 bits per heavy atom. The minimum atomic E-state index is 0.610. The maximum atomic E-state index is 9.38. The molecule has 4 heteroatoms. The van der Waals surface area contributed by atoms with Gasteiger partial charge in [0.05, 0.1) is 0 Å². The molecule has 4 rings (SSSR count). The Balaban J connectivity index is 2.08. The van der Waals surface area contributed by atoms with Crippen LogP contribution in [0, 0.1) is 0 Å². The van der Waals surface area contributed by atoms with E-state index in [-0.39, 0.29) is 0 Å². The Labute approximate surface area is 121 Å². The van der Waals surface area contributed by atoms with E-state index < -0.39 is 0 Å². The lowest BCUT2D eigenvalue weighted by Gasteiger charge is -2.08. The Morgan fingerprint density at radius 2 is 1.43 bits per heavy atom. The molecule has 21 heavy (non-hydrogen) atoms. The lowest BCUT2D eigenvalue weighted by atomic mass is 9.96. The normalized spacial score (nSPS) is 14.0. The van der Waals surface area contributed by atoms with Crippen LogP contribution in [0.3, 0.4) is 0 Å². The lowest BCUT2D eigenvalue weighted by Crippen LogP contribution is -1.97. The van der Waals surface area contributed by atoms with Crippen LogP contribution < -0.4 is 0 Å². The number of nitrogens with zero attached hydrogens (tertiary/aromatic N) is 3. The van der Waals surface area contributed by atoms with Gasteiger partial charge in [0.25, 0.3) is 0 Å². The third-order valence-corrected chi connectivity index (χ3v) is 3.74. The van der Waals surface area contributed by atoms with Gasteiger partial charge >= 0.3 is 0 Å². The molecule has 0 spiro atoms. The van der Waals surface area contributed by atoms with Crippen LogP contribution in [0.15, 0.2) is 66.3 Å². The molecule has 2 aromatic carbocycles. The second-order valence-corrected chi connectivity index (χ2v) is 4.85. The number of oxime groups is 1. The summed E-state index contributed by atoms with van der Waals surface area (Å²) in [5, 5.41) is 12.9. The van der Waals surface area contributed by atoms with Crippen LogP contribution in [-0.4, -0.2) is 20.9 Å². The largest absolute Gasteiger partial charge is 0.410 e. The van der Waals surface area contributed by atoms with Crippen molar-refractivity contribution in [3.05, 3.63) is 72.3 Å². The van der Waals surface area contributed by atoms with Gasteiger partial charge in [-0.2, -0.15) is 0 Å². The first-order valence-electron chi connectivity index (χ1n) is 6.61. The van der Waals surface area contributed by atoms with E-state index in [9.17, 15) is 5.21 Å². The second kappa shape index (κ2) is 4.52. The molecule has 0 amide bonds. The van der Waals surface area contributed by atoms with Crippen molar-refractivity contribution in [1.29, 1.82) is 0 Å². The molecule has 1 aromatic heterocycles. The number of benzene rings is 2. The highest BCUT2D eigenvalue weighted by Crippen LogP contribution is 2.42. The van der Waals surface area contributed by atoms with Gasteiger partial charge in [-0.05, 0) is 16.7 Å². The van der Waals surface area contributed by atoms with Crippen molar-refractivity contribution in [2.75, 3.05) is 0 Å². The van der Waals surface area contributed by atoms with Gasteiger partial charge in [0.15, 0.2) is 0 Å². The standard InChI is InChI=1S/C17H11N3O/c21-20-17-14-5-2-1-4-13(14)16-12(6-3-7-15(16)17)11-8-18-10-19-9-11/h1-10,21H. The van der Waals surface area contributed by atoms with Crippen molar-refractivity contribution in [3.8, 4) is 22.3 Å². The quantitative estimate of drug-likeness (QED) is 0.427. The number of hydrogen-bond donors (Lipinski definition) is 1. The molecule has 0 unspecified atom stereocenters. The maximum Gasteiger partial charge on any atom is 0.118 e. The highest BCUT2D eigenvalue weighted by molar-refractivity contribution is 6.26. The predicted molar refractivity (Wildman–Crippen MR) is 80.3 cm³/mol. The molecule has 1 aliphatic carbocycles.